The number of aliphatic hydroxyl groups is 1. The van der Waals surface area contributed by atoms with E-state index in [4.69, 9.17) is 9.84 Å². The zero-order valence-electron chi connectivity index (χ0n) is 12.8. The van der Waals surface area contributed by atoms with E-state index in [0.29, 0.717) is 18.7 Å². The summed E-state index contributed by atoms with van der Waals surface area (Å²) in [4.78, 5) is 2.18. The van der Waals surface area contributed by atoms with Gasteiger partial charge in [0.15, 0.2) is 0 Å². The van der Waals surface area contributed by atoms with Gasteiger partial charge in [-0.25, -0.2) is 13.1 Å². The molecule has 21 heavy (non-hydrogen) atoms. The fourth-order valence-electron chi connectivity index (χ4n) is 1.99. The first-order chi connectivity index (χ1) is 9.98. The minimum Gasteiger partial charge on any atom is -0.495 e. The van der Waals surface area contributed by atoms with Gasteiger partial charge in [0.25, 0.3) is 0 Å². The molecule has 0 radical (unpaired) electrons. The van der Waals surface area contributed by atoms with Crippen LogP contribution in [0.3, 0.4) is 0 Å². The Morgan fingerprint density at radius 3 is 2.48 bits per heavy atom. The minimum atomic E-state index is -3.66. The number of aliphatic hydroxyl groups excluding tert-OH is 1. The van der Waals surface area contributed by atoms with E-state index in [-0.39, 0.29) is 17.3 Å². The second kappa shape index (κ2) is 8.33. The maximum Gasteiger partial charge on any atom is 0.244 e. The van der Waals surface area contributed by atoms with Gasteiger partial charge in [-0.15, -0.1) is 0 Å². The molecule has 0 aromatic heterocycles. The smallest absolute Gasteiger partial charge is 0.244 e. The maximum absolute atomic E-state index is 12.3. The van der Waals surface area contributed by atoms with Crippen molar-refractivity contribution in [2.75, 3.05) is 33.3 Å². The molecule has 0 saturated carbocycles. The lowest BCUT2D eigenvalue weighted by Gasteiger charge is -2.18. The highest BCUT2D eigenvalue weighted by Crippen LogP contribution is 2.24. The van der Waals surface area contributed by atoms with Gasteiger partial charge in [0.2, 0.25) is 10.0 Å². The molecule has 0 unspecified atom stereocenters. The van der Waals surface area contributed by atoms with Crippen LogP contribution >= 0.6 is 0 Å². The SMILES string of the molecule is CCN(CC)CCNS(=O)(=O)c1cc(CO)ccc1OC. The summed E-state index contributed by atoms with van der Waals surface area (Å²) in [5, 5.41) is 9.14. The Labute approximate surface area is 126 Å². The lowest BCUT2D eigenvalue weighted by Crippen LogP contribution is -2.35. The standard InChI is InChI=1S/C14H24N2O4S/c1-4-16(5-2)9-8-15-21(18,19)14-10-12(11-17)6-7-13(14)20-3/h6-7,10,15,17H,4-5,8-9,11H2,1-3H3. The van der Waals surface area contributed by atoms with Gasteiger partial charge in [-0.2, -0.15) is 0 Å². The summed E-state index contributed by atoms with van der Waals surface area (Å²) in [5.41, 5.74) is 0.528. The first-order valence-corrected chi connectivity index (χ1v) is 8.46. The fraction of sp³-hybridized carbons (Fsp3) is 0.571. The molecule has 0 spiro atoms. The van der Waals surface area contributed by atoms with Gasteiger partial charge in [0.1, 0.15) is 10.6 Å². The average molecular weight is 316 g/mol. The number of likely N-dealkylation sites (N-methyl/N-ethyl adjacent to an activating group) is 1. The van der Waals surface area contributed by atoms with Crippen LogP contribution in [0.15, 0.2) is 23.1 Å². The van der Waals surface area contributed by atoms with Gasteiger partial charge in [-0.05, 0) is 30.8 Å². The van der Waals surface area contributed by atoms with Crippen molar-refractivity contribution in [3.05, 3.63) is 23.8 Å². The fourth-order valence-corrected chi connectivity index (χ4v) is 3.22. The molecular formula is C14H24N2O4S. The Morgan fingerprint density at radius 1 is 1.29 bits per heavy atom. The molecule has 0 aliphatic rings. The third kappa shape index (κ3) is 4.96. The van der Waals surface area contributed by atoms with Crippen molar-refractivity contribution in [3.8, 4) is 5.75 Å². The molecule has 120 valence electrons. The van der Waals surface area contributed by atoms with Crippen molar-refractivity contribution in [2.45, 2.75) is 25.3 Å². The van der Waals surface area contributed by atoms with E-state index in [9.17, 15) is 8.42 Å². The van der Waals surface area contributed by atoms with Gasteiger partial charge < -0.3 is 14.7 Å². The summed E-state index contributed by atoms with van der Waals surface area (Å²) in [6.07, 6.45) is 0. The van der Waals surface area contributed by atoms with E-state index in [1.165, 1.54) is 13.2 Å². The molecule has 0 aliphatic heterocycles. The Balaban J connectivity index is 2.86. The molecule has 1 aromatic rings. The van der Waals surface area contributed by atoms with Gasteiger partial charge in [-0.3, -0.25) is 0 Å². The number of sulfonamides is 1. The van der Waals surface area contributed by atoms with E-state index in [1.807, 2.05) is 13.8 Å². The molecule has 0 bridgehead atoms. The second-order valence-electron chi connectivity index (χ2n) is 4.57. The van der Waals surface area contributed by atoms with E-state index >= 15 is 0 Å². The number of nitrogens with zero attached hydrogens (tertiary/aromatic N) is 1. The van der Waals surface area contributed by atoms with Gasteiger partial charge >= 0.3 is 0 Å². The molecular weight excluding hydrogens is 292 g/mol. The number of hydrogen-bond acceptors (Lipinski definition) is 5. The van der Waals surface area contributed by atoms with Crippen molar-refractivity contribution < 1.29 is 18.3 Å². The molecule has 0 fully saturated rings. The second-order valence-corrected chi connectivity index (χ2v) is 6.30. The highest BCUT2D eigenvalue weighted by Gasteiger charge is 2.19. The molecule has 2 N–H and O–H groups in total. The van der Waals surface area contributed by atoms with Crippen LogP contribution in [0.25, 0.3) is 0 Å². The van der Waals surface area contributed by atoms with Crippen LogP contribution in [0.2, 0.25) is 0 Å². The zero-order valence-corrected chi connectivity index (χ0v) is 13.6. The molecule has 0 atom stereocenters. The lowest BCUT2D eigenvalue weighted by molar-refractivity contribution is 0.281. The maximum atomic E-state index is 12.3. The van der Waals surface area contributed by atoms with Crippen molar-refractivity contribution in [1.29, 1.82) is 0 Å². The predicted molar refractivity (Wildman–Crippen MR) is 81.9 cm³/mol. The molecule has 1 aromatic carbocycles. The lowest BCUT2D eigenvalue weighted by atomic mass is 10.2. The number of ether oxygens (including phenoxy) is 1. The summed E-state index contributed by atoms with van der Waals surface area (Å²) < 4.78 is 32.4. The number of benzene rings is 1. The number of nitrogens with one attached hydrogen (secondary N) is 1. The van der Waals surface area contributed by atoms with Gasteiger partial charge in [0.05, 0.1) is 13.7 Å². The predicted octanol–water partition coefficient (Wildman–Crippen LogP) is 0.808. The summed E-state index contributed by atoms with van der Waals surface area (Å²) in [5.74, 6) is 0.266. The number of hydrogen-bond donors (Lipinski definition) is 2. The minimum absolute atomic E-state index is 0.0519. The average Bonchev–Trinajstić information content (AvgIpc) is 2.50. The highest BCUT2D eigenvalue weighted by molar-refractivity contribution is 7.89. The van der Waals surface area contributed by atoms with E-state index in [2.05, 4.69) is 9.62 Å². The first kappa shape index (κ1) is 17.9. The van der Waals surface area contributed by atoms with Crippen molar-refractivity contribution in [3.63, 3.8) is 0 Å². The van der Waals surface area contributed by atoms with Gasteiger partial charge in [-0.1, -0.05) is 19.9 Å². The number of methoxy groups -OCH3 is 1. The summed E-state index contributed by atoms with van der Waals surface area (Å²) in [6, 6.07) is 4.61. The topological polar surface area (TPSA) is 78.9 Å². The van der Waals surface area contributed by atoms with Crippen LogP contribution in [0.1, 0.15) is 19.4 Å². The third-order valence-corrected chi connectivity index (χ3v) is 4.80. The van der Waals surface area contributed by atoms with E-state index in [0.717, 1.165) is 13.1 Å². The molecule has 6 nitrogen and oxygen atoms in total. The summed E-state index contributed by atoms with van der Waals surface area (Å²) >= 11 is 0. The van der Waals surface area contributed by atoms with Crippen LogP contribution < -0.4 is 9.46 Å². The zero-order chi connectivity index (χ0) is 15.9. The van der Waals surface area contributed by atoms with Crippen LogP contribution in [-0.2, 0) is 16.6 Å². The van der Waals surface area contributed by atoms with Crippen molar-refractivity contribution in [1.82, 2.24) is 9.62 Å². The van der Waals surface area contributed by atoms with E-state index < -0.39 is 10.0 Å². The van der Waals surface area contributed by atoms with Crippen LogP contribution in [-0.4, -0.2) is 51.7 Å². The van der Waals surface area contributed by atoms with Gasteiger partial charge in [0, 0.05) is 13.1 Å². The van der Waals surface area contributed by atoms with Crippen molar-refractivity contribution in [2.24, 2.45) is 0 Å². The summed E-state index contributed by atoms with van der Waals surface area (Å²) in [7, 11) is -2.24. The normalized spacial score (nSPS) is 11.9. The third-order valence-electron chi connectivity index (χ3n) is 3.31. The highest BCUT2D eigenvalue weighted by atomic mass is 32.2. The largest absolute Gasteiger partial charge is 0.495 e. The summed E-state index contributed by atoms with van der Waals surface area (Å²) in [6.45, 7) is 6.58. The monoisotopic (exact) mass is 316 g/mol. The molecule has 0 heterocycles. The van der Waals surface area contributed by atoms with Crippen LogP contribution in [0.5, 0.6) is 5.75 Å². The first-order valence-electron chi connectivity index (χ1n) is 6.98. The van der Waals surface area contributed by atoms with E-state index in [1.54, 1.807) is 12.1 Å². The van der Waals surface area contributed by atoms with Crippen LogP contribution in [0.4, 0.5) is 0 Å². The molecule has 0 aliphatic carbocycles. The molecule has 1 rings (SSSR count). The van der Waals surface area contributed by atoms with Crippen LogP contribution in [0, 0.1) is 0 Å². The molecule has 0 amide bonds. The van der Waals surface area contributed by atoms with Crippen molar-refractivity contribution >= 4 is 10.0 Å². The molecule has 0 saturated heterocycles. The number of rotatable bonds is 9. The Bertz CT molecular complexity index is 542. The Hall–Kier alpha value is -1.15. The Kier molecular flexibility index (Phi) is 7.10. The quantitative estimate of drug-likeness (QED) is 0.705. The molecule has 7 heteroatoms. The Morgan fingerprint density at radius 2 is 1.95 bits per heavy atom.